The third kappa shape index (κ3) is 5.38. The maximum absolute atomic E-state index is 5.42. The molecule has 2 aliphatic rings. The Hall–Kier alpha value is -0.160. The van der Waals surface area contributed by atoms with Crippen LogP contribution in [0.25, 0.3) is 0 Å². The first-order chi connectivity index (χ1) is 9.25. The third-order valence-electron chi connectivity index (χ3n) is 4.42. The Morgan fingerprint density at radius 2 is 1.42 bits per heavy atom. The Balaban J connectivity index is 1.60. The fraction of sp³-hybridized carbons (Fsp3) is 1.00. The van der Waals surface area contributed by atoms with Gasteiger partial charge < -0.3 is 9.47 Å². The van der Waals surface area contributed by atoms with Crippen molar-refractivity contribution >= 4 is 0 Å². The quantitative estimate of drug-likeness (QED) is 0.729. The van der Waals surface area contributed by atoms with Gasteiger partial charge in [-0.25, -0.2) is 0 Å². The van der Waals surface area contributed by atoms with Crippen molar-refractivity contribution in [3.05, 3.63) is 0 Å². The Bertz CT molecular complexity index is 238. The largest absolute Gasteiger partial charge is 0.379 e. The van der Waals surface area contributed by atoms with Gasteiger partial charge in [0.05, 0.1) is 26.4 Å². The molecule has 0 radical (unpaired) electrons. The maximum Gasteiger partial charge on any atom is 0.0594 e. The van der Waals surface area contributed by atoms with Crippen molar-refractivity contribution in [1.82, 2.24) is 9.80 Å². The highest BCUT2D eigenvalue weighted by atomic mass is 16.5. The zero-order chi connectivity index (χ0) is 13.5. The van der Waals surface area contributed by atoms with Gasteiger partial charge in [0.15, 0.2) is 0 Å². The van der Waals surface area contributed by atoms with Crippen LogP contribution in [0.4, 0.5) is 0 Å². The lowest BCUT2D eigenvalue weighted by molar-refractivity contribution is 0.0153. The van der Waals surface area contributed by atoms with Gasteiger partial charge in [0, 0.05) is 38.8 Å². The van der Waals surface area contributed by atoms with Crippen molar-refractivity contribution < 1.29 is 9.47 Å². The smallest absolute Gasteiger partial charge is 0.0594 e. The molecule has 0 aromatic rings. The summed E-state index contributed by atoms with van der Waals surface area (Å²) in [6.07, 6.45) is 2.64. The van der Waals surface area contributed by atoms with Crippen molar-refractivity contribution in [2.45, 2.75) is 32.7 Å². The minimum atomic E-state index is 0.705. The van der Waals surface area contributed by atoms with Crippen molar-refractivity contribution in [1.29, 1.82) is 0 Å². The molecule has 0 aromatic heterocycles. The molecular weight excluding hydrogens is 240 g/mol. The molecule has 4 nitrogen and oxygen atoms in total. The second-order valence-electron chi connectivity index (χ2n) is 6.09. The normalized spacial score (nSPS) is 26.2. The SMILES string of the molecule is CC(CCC(C)N1CCOCC1)CN1CCOCC1. The predicted octanol–water partition coefficient (Wildman–Crippen LogP) is 1.46. The van der Waals surface area contributed by atoms with Gasteiger partial charge in [-0.3, -0.25) is 9.80 Å². The number of hydrogen-bond donors (Lipinski definition) is 0. The summed E-state index contributed by atoms with van der Waals surface area (Å²) < 4.78 is 10.8. The van der Waals surface area contributed by atoms with E-state index < -0.39 is 0 Å². The fourth-order valence-corrected chi connectivity index (χ4v) is 3.04. The molecule has 112 valence electrons. The first kappa shape index (κ1) is 15.2. The Morgan fingerprint density at radius 3 is 2.05 bits per heavy atom. The van der Waals surface area contributed by atoms with Crippen LogP contribution >= 0.6 is 0 Å². The highest BCUT2D eigenvalue weighted by molar-refractivity contribution is 4.72. The van der Waals surface area contributed by atoms with Gasteiger partial charge in [-0.1, -0.05) is 6.92 Å². The van der Waals surface area contributed by atoms with Gasteiger partial charge >= 0.3 is 0 Å². The summed E-state index contributed by atoms with van der Waals surface area (Å²) in [5.74, 6) is 0.793. The zero-order valence-corrected chi connectivity index (χ0v) is 12.6. The first-order valence-electron chi connectivity index (χ1n) is 7.87. The Morgan fingerprint density at radius 1 is 0.842 bits per heavy atom. The molecule has 2 rings (SSSR count). The minimum Gasteiger partial charge on any atom is -0.379 e. The summed E-state index contributed by atoms with van der Waals surface area (Å²) in [5.41, 5.74) is 0. The summed E-state index contributed by atoms with van der Waals surface area (Å²) >= 11 is 0. The third-order valence-corrected chi connectivity index (χ3v) is 4.42. The van der Waals surface area contributed by atoms with E-state index in [-0.39, 0.29) is 0 Å². The van der Waals surface area contributed by atoms with Crippen LogP contribution in [0.5, 0.6) is 0 Å². The van der Waals surface area contributed by atoms with E-state index in [0.29, 0.717) is 6.04 Å². The average Bonchev–Trinajstić information content (AvgIpc) is 2.47. The van der Waals surface area contributed by atoms with E-state index >= 15 is 0 Å². The van der Waals surface area contributed by atoms with E-state index in [1.165, 1.54) is 19.4 Å². The zero-order valence-electron chi connectivity index (χ0n) is 12.6. The van der Waals surface area contributed by atoms with Gasteiger partial charge in [-0.15, -0.1) is 0 Å². The first-order valence-corrected chi connectivity index (χ1v) is 7.87. The summed E-state index contributed by atoms with van der Waals surface area (Å²) in [6.45, 7) is 14.1. The number of nitrogens with zero attached hydrogens (tertiary/aromatic N) is 2. The van der Waals surface area contributed by atoms with Gasteiger partial charge in [-0.2, -0.15) is 0 Å². The molecule has 0 saturated carbocycles. The van der Waals surface area contributed by atoms with Gasteiger partial charge in [0.1, 0.15) is 0 Å². The number of hydrogen-bond acceptors (Lipinski definition) is 4. The number of morpholine rings is 2. The van der Waals surface area contributed by atoms with E-state index in [2.05, 4.69) is 23.6 Å². The molecule has 2 unspecified atom stereocenters. The molecule has 2 atom stereocenters. The summed E-state index contributed by atoms with van der Waals surface area (Å²) in [5, 5.41) is 0. The molecular formula is C15H30N2O2. The van der Waals surface area contributed by atoms with Crippen LogP contribution in [0.3, 0.4) is 0 Å². The second kappa shape index (κ2) is 8.20. The van der Waals surface area contributed by atoms with Crippen molar-refractivity contribution in [2.24, 2.45) is 5.92 Å². The van der Waals surface area contributed by atoms with Crippen LogP contribution in [0.2, 0.25) is 0 Å². The van der Waals surface area contributed by atoms with E-state index in [4.69, 9.17) is 9.47 Å². The molecule has 0 bridgehead atoms. The molecule has 2 fully saturated rings. The Labute approximate surface area is 118 Å². The monoisotopic (exact) mass is 270 g/mol. The molecule has 4 heteroatoms. The van der Waals surface area contributed by atoms with Crippen LogP contribution in [0.1, 0.15) is 26.7 Å². The molecule has 2 aliphatic heterocycles. The molecule has 19 heavy (non-hydrogen) atoms. The highest BCUT2D eigenvalue weighted by Gasteiger charge is 2.19. The standard InChI is InChI=1S/C15H30N2O2/c1-14(13-16-5-9-18-10-6-16)3-4-15(2)17-7-11-19-12-8-17/h14-15H,3-13H2,1-2H3. The van der Waals surface area contributed by atoms with Crippen LogP contribution in [-0.4, -0.2) is 75.0 Å². The number of ether oxygens (including phenoxy) is 2. The molecule has 2 saturated heterocycles. The molecule has 0 amide bonds. The molecule has 0 N–H and O–H groups in total. The highest BCUT2D eigenvalue weighted by Crippen LogP contribution is 2.15. The Kier molecular flexibility index (Phi) is 6.57. The maximum atomic E-state index is 5.42. The number of rotatable bonds is 6. The molecule has 0 spiro atoms. The minimum absolute atomic E-state index is 0.705. The van der Waals surface area contributed by atoms with Gasteiger partial charge in [0.2, 0.25) is 0 Å². The van der Waals surface area contributed by atoms with Crippen molar-refractivity contribution in [3.63, 3.8) is 0 Å². The summed E-state index contributed by atoms with van der Waals surface area (Å²) in [6, 6.07) is 0.705. The van der Waals surface area contributed by atoms with E-state index in [9.17, 15) is 0 Å². The topological polar surface area (TPSA) is 24.9 Å². The van der Waals surface area contributed by atoms with Crippen LogP contribution in [0.15, 0.2) is 0 Å². The van der Waals surface area contributed by atoms with E-state index in [1.54, 1.807) is 0 Å². The summed E-state index contributed by atoms with van der Waals surface area (Å²) in [4.78, 5) is 5.12. The van der Waals surface area contributed by atoms with Crippen LogP contribution in [-0.2, 0) is 9.47 Å². The fourth-order valence-electron chi connectivity index (χ4n) is 3.04. The summed E-state index contributed by atoms with van der Waals surface area (Å²) in [7, 11) is 0. The lowest BCUT2D eigenvalue weighted by atomic mass is 10.0. The van der Waals surface area contributed by atoms with Crippen molar-refractivity contribution in [2.75, 3.05) is 59.2 Å². The van der Waals surface area contributed by atoms with Crippen LogP contribution < -0.4 is 0 Å². The lowest BCUT2D eigenvalue weighted by Gasteiger charge is -2.33. The van der Waals surface area contributed by atoms with Gasteiger partial charge in [0.25, 0.3) is 0 Å². The second-order valence-corrected chi connectivity index (χ2v) is 6.09. The molecule has 0 aromatic carbocycles. The molecule has 2 heterocycles. The predicted molar refractivity (Wildman–Crippen MR) is 77.5 cm³/mol. The van der Waals surface area contributed by atoms with E-state index in [1.807, 2.05) is 0 Å². The van der Waals surface area contributed by atoms with Crippen LogP contribution in [0, 0.1) is 5.92 Å². The lowest BCUT2D eigenvalue weighted by Crippen LogP contribution is -2.42. The molecule has 0 aliphatic carbocycles. The van der Waals surface area contributed by atoms with Crippen molar-refractivity contribution in [3.8, 4) is 0 Å². The van der Waals surface area contributed by atoms with Gasteiger partial charge in [-0.05, 0) is 25.7 Å². The average molecular weight is 270 g/mol. The van der Waals surface area contributed by atoms with E-state index in [0.717, 1.165) is 58.5 Å².